The highest BCUT2D eigenvalue weighted by Crippen LogP contribution is 2.22. The van der Waals surface area contributed by atoms with Crippen molar-refractivity contribution < 1.29 is 9.59 Å². The van der Waals surface area contributed by atoms with Crippen LogP contribution in [-0.2, 0) is 9.59 Å². The molecule has 0 aromatic carbocycles. The standard InChI is InChI=1S/C20H33N3O2/c24-19-16-18-10-3-5-12-22(18)14-7-15-23(13-6-4-11-21-19)20(25)17-8-1-2-9-17/h1-2,17-18H,3-16H2,(H,21,24). The van der Waals surface area contributed by atoms with Crippen LogP contribution in [0, 0.1) is 5.92 Å². The third kappa shape index (κ3) is 5.30. The van der Waals surface area contributed by atoms with Crippen LogP contribution in [0.1, 0.15) is 57.8 Å². The van der Waals surface area contributed by atoms with Crippen LogP contribution in [-0.4, -0.2) is 60.4 Å². The quantitative estimate of drug-likeness (QED) is 0.741. The number of carbonyl (C=O) groups is 2. The molecule has 140 valence electrons. The van der Waals surface area contributed by atoms with Crippen LogP contribution in [0.3, 0.4) is 0 Å². The van der Waals surface area contributed by atoms with Gasteiger partial charge in [-0.1, -0.05) is 18.6 Å². The summed E-state index contributed by atoms with van der Waals surface area (Å²) in [6.45, 7) is 4.52. The summed E-state index contributed by atoms with van der Waals surface area (Å²) in [7, 11) is 0. The maximum absolute atomic E-state index is 12.8. The molecule has 1 atom stereocenters. The van der Waals surface area contributed by atoms with Gasteiger partial charge in [0.1, 0.15) is 0 Å². The Morgan fingerprint density at radius 2 is 1.68 bits per heavy atom. The van der Waals surface area contributed by atoms with Gasteiger partial charge in [0.15, 0.2) is 0 Å². The highest BCUT2D eigenvalue weighted by molar-refractivity contribution is 5.79. The van der Waals surface area contributed by atoms with Gasteiger partial charge in [0.25, 0.3) is 0 Å². The van der Waals surface area contributed by atoms with Crippen LogP contribution in [0.5, 0.6) is 0 Å². The van der Waals surface area contributed by atoms with Gasteiger partial charge in [-0.3, -0.25) is 14.5 Å². The van der Waals surface area contributed by atoms with E-state index in [9.17, 15) is 9.59 Å². The molecule has 2 aliphatic heterocycles. The van der Waals surface area contributed by atoms with Crippen molar-refractivity contribution in [1.29, 1.82) is 0 Å². The molecule has 2 fully saturated rings. The normalized spacial score (nSPS) is 27.8. The largest absolute Gasteiger partial charge is 0.356 e. The summed E-state index contributed by atoms with van der Waals surface area (Å²) in [5.74, 6) is 0.693. The Bertz CT molecular complexity index is 483. The van der Waals surface area contributed by atoms with Crippen LogP contribution in [0.15, 0.2) is 12.2 Å². The first-order valence-electron chi connectivity index (χ1n) is 10.2. The van der Waals surface area contributed by atoms with E-state index >= 15 is 0 Å². The summed E-state index contributed by atoms with van der Waals surface area (Å²) in [5, 5.41) is 3.07. The molecule has 2 heterocycles. The first kappa shape index (κ1) is 18.4. The van der Waals surface area contributed by atoms with Crippen molar-refractivity contribution in [2.45, 2.75) is 63.8 Å². The molecule has 0 saturated carbocycles. The molecule has 5 nitrogen and oxygen atoms in total. The fourth-order valence-electron chi connectivity index (χ4n) is 4.40. The summed E-state index contributed by atoms with van der Waals surface area (Å²) in [5.41, 5.74) is 0. The van der Waals surface area contributed by atoms with Crippen LogP contribution < -0.4 is 5.32 Å². The topological polar surface area (TPSA) is 52.7 Å². The lowest BCUT2D eigenvalue weighted by Gasteiger charge is -2.36. The first-order chi connectivity index (χ1) is 12.2. The number of piperidine rings is 1. The van der Waals surface area contributed by atoms with Gasteiger partial charge < -0.3 is 10.2 Å². The minimum atomic E-state index is 0.165. The van der Waals surface area contributed by atoms with Gasteiger partial charge in [0.05, 0.1) is 0 Å². The van der Waals surface area contributed by atoms with Gasteiger partial charge in [0, 0.05) is 44.6 Å². The fourth-order valence-corrected chi connectivity index (χ4v) is 4.40. The van der Waals surface area contributed by atoms with Gasteiger partial charge in [-0.25, -0.2) is 0 Å². The number of allylic oxidation sites excluding steroid dienone is 2. The van der Waals surface area contributed by atoms with Gasteiger partial charge in [-0.05, 0) is 51.5 Å². The number of nitrogens with one attached hydrogen (secondary N) is 1. The summed E-state index contributed by atoms with van der Waals surface area (Å²) >= 11 is 0. The molecule has 0 bridgehead atoms. The number of rotatable bonds is 1. The first-order valence-corrected chi connectivity index (χ1v) is 10.2. The van der Waals surface area contributed by atoms with E-state index < -0.39 is 0 Å². The van der Waals surface area contributed by atoms with Crippen molar-refractivity contribution >= 4 is 11.8 Å². The molecule has 1 unspecified atom stereocenters. The maximum Gasteiger partial charge on any atom is 0.226 e. The number of fused-ring (bicyclic) bond motifs is 1. The highest BCUT2D eigenvalue weighted by atomic mass is 16.2. The molecule has 0 aromatic heterocycles. The zero-order chi connectivity index (χ0) is 17.5. The van der Waals surface area contributed by atoms with E-state index in [1.807, 2.05) is 0 Å². The Morgan fingerprint density at radius 3 is 2.52 bits per heavy atom. The molecule has 2 amide bonds. The fraction of sp³-hybridized carbons (Fsp3) is 0.800. The maximum atomic E-state index is 12.8. The van der Waals surface area contributed by atoms with E-state index in [-0.39, 0.29) is 11.8 Å². The van der Waals surface area contributed by atoms with E-state index in [1.165, 1.54) is 12.8 Å². The molecule has 25 heavy (non-hydrogen) atoms. The molecule has 3 rings (SSSR count). The van der Waals surface area contributed by atoms with Gasteiger partial charge >= 0.3 is 0 Å². The molecule has 0 radical (unpaired) electrons. The SMILES string of the molecule is O=C1CC2CCCCN2CCCN(C(=O)C2CC=CC2)CCCCN1. The van der Waals surface area contributed by atoms with Crippen LogP contribution >= 0.6 is 0 Å². The average molecular weight is 348 g/mol. The van der Waals surface area contributed by atoms with Crippen molar-refractivity contribution in [2.24, 2.45) is 5.92 Å². The monoisotopic (exact) mass is 347 g/mol. The Hall–Kier alpha value is -1.36. The van der Waals surface area contributed by atoms with E-state index in [0.29, 0.717) is 18.4 Å². The van der Waals surface area contributed by atoms with E-state index in [4.69, 9.17) is 0 Å². The van der Waals surface area contributed by atoms with E-state index in [0.717, 1.165) is 71.2 Å². The summed E-state index contributed by atoms with van der Waals surface area (Å²) in [4.78, 5) is 29.6. The van der Waals surface area contributed by atoms with Crippen LogP contribution in [0.25, 0.3) is 0 Å². The second-order valence-corrected chi connectivity index (χ2v) is 7.77. The number of hydrogen-bond donors (Lipinski definition) is 1. The zero-order valence-electron chi connectivity index (χ0n) is 15.4. The second kappa shape index (κ2) is 9.37. The van der Waals surface area contributed by atoms with Crippen molar-refractivity contribution in [1.82, 2.24) is 15.1 Å². The third-order valence-corrected chi connectivity index (χ3v) is 5.89. The molecular formula is C20H33N3O2. The van der Waals surface area contributed by atoms with Crippen molar-refractivity contribution in [3.8, 4) is 0 Å². The number of amides is 2. The lowest BCUT2D eigenvalue weighted by Crippen LogP contribution is -2.44. The van der Waals surface area contributed by atoms with Crippen molar-refractivity contribution in [3.63, 3.8) is 0 Å². The summed E-state index contributed by atoms with van der Waals surface area (Å²) < 4.78 is 0. The molecule has 1 aliphatic carbocycles. The lowest BCUT2D eigenvalue weighted by atomic mass is 9.98. The second-order valence-electron chi connectivity index (χ2n) is 7.77. The third-order valence-electron chi connectivity index (χ3n) is 5.89. The Labute approximate surface area is 151 Å². The minimum Gasteiger partial charge on any atom is -0.356 e. The van der Waals surface area contributed by atoms with Crippen LogP contribution in [0.2, 0.25) is 0 Å². The summed E-state index contributed by atoms with van der Waals surface area (Å²) in [6, 6.07) is 0.387. The molecule has 0 spiro atoms. The molecule has 3 aliphatic rings. The van der Waals surface area contributed by atoms with Gasteiger partial charge in [-0.2, -0.15) is 0 Å². The number of nitrogens with zero attached hydrogens (tertiary/aromatic N) is 2. The number of hydrogen-bond acceptors (Lipinski definition) is 3. The van der Waals surface area contributed by atoms with Gasteiger partial charge in [0.2, 0.25) is 11.8 Å². The lowest BCUT2D eigenvalue weighted by molar-refractivity contribution is -0.135. The predicted molar refractivity (Wildman–Crippen MR) is 99.1 cm³/mol. The average Bonchev–Trinajstić information content (AvgIpc) is 3.15. The smallest absolute Gasteiger partial charge is 0.226 e. The highest BCUT2D eigenvalue weighted by Gasteiger charge is 2.27. The predicted octanol–water partition coefficient (Wildman–Crippen LogP) is 2.33. The minimum absolute atomic E-state index is 0.165. The molecule has 1 N–H and O–H groups in total. The van der Waals surface area contributed by atoms with E-state index in [2.05, 4.69) is 27.3 Å². The van der Waals surface area contributed by atoms with Crippen molar-refractivity contribution in [3.05, 3.63) is 12.2 Å². The Morgan fingerprint density at radius 1 is 0.960 bits per heavy atom. The molecule has 5 heteroatoms. The van der Waals surface area contributed by atoms with Gasteiger partial charge in [-0.15, -0.1) is 0 Å². The summed E-state index contributed by atoms with van der Waals surface area (Å²) in [6.07, 6.45) is 13.2. The zero-order valence-corrected chi connectivity index (χ0v) is 15.4. The molecule has 0 aromatic rings. The molecule has 2 saturated heterocycles. The Balaban J connectivity index is 1.60. The number of carbonyl (C=O) groups excluding carboxylic acids is 2. The van der Waals surface area contributed by atoms with Crippen LogP contribution in [0.4, 0.5) is 0 Å². The van der Waals surface area contributed by atoms with Crippen molar-refractivity contribution in [2.75, 3.05) is 32.7 Å². The van der Waals surface area contributed by atoms with E-state index in [1.54, 1.807) is 0 Å². The Kier molecular flexibility index (Phi) is 6.91. The molecular weight excluding hydrogens is 314 g/mol.